The fourth-order valence-electron chi connectivity index (χ4n) is 1.29. The SMILES string of the molecule is Oc1[nH]c(=S)sc1C=NCc1cccc(Cl)c1. The zero-order valence-corrected chi connectivity index (χ0v) is 11.1. The second-order valence-corrected chi connectivity index (χ2v) is 5.48. The molecule has 0 fully saturated rings. The predicted molar refractivity (Wildman–Crippen MR) is 73.9 cm³/mol. The Morgan fingerprint density at radius 3 is 3.00 bits per heavy atom. The quantitative estimate of drug-likeness (QED) is 0.665. The number of aromatic nitrogens is 1. The third-order valence-corrected chi connectivity index (χ3v) is 3.42. The Bertz CT molecular complexity index is 604. The molecular formula is C11H9ClN2OS2. The van der Waals surface area contributed by atoms with E-state index in [1.54, 1.807) is 6.21 Å². The zero-order chi connectivity index (χ0) is 12.3. The molecule has 1 aromatic heterocycles. The van der Waals surface area contributed by atoms with Crippen molar-refractivity contribution in [3.63, 3.8) is 0 Å². The van der Waals surface area contributed by atoms with E-state index in [1.165, 1.54) is 11.3 Å². The van der Waals surface area contributed by atoms with Crippen LogP contribution >= 0.6 is 35.2 Å². The van der Waals surface area contributed by atoms with Gasteiger partial charge in [-0.2, -0.15) is 0 Å². The molecule has 2 rings (SSSR count). The largest absolute Gasteiger partial charge is 0.494 e. The van der Waals surface area contributed by atoms with Crippen molar-refractivity contribution in [3.05, 3.63) is 43.7 Å². The van der Waals surface area contributed by atoms with Crippen LogP contribution in [0.1, 0.15) is 10.4 Å². The van der Waals surface area contributed by atoms with Gasteiger partial charge in [-0.05, 0) is 29.9 Å². The Hall–Kier alpha value is -1.17. The Balaban J connectivity index is 2.08. The highest BCUT2D eigenvalue weighted by Gasteiger charge is 2.00. The molecule has 0 aliphatic rings. The van der Waals surface area contributed by atoms with Crippen LogP contribution < -0.4 is 0 Å². The number of nitrogens with zero attached hydrogens (tertiary/aromatic N) is 1. The first kappa shape index (κ1) is 12.3. The van der Waals surface area contributed by atoms with Gasteiger partial charge in [0.1, 0.15) is 4.88 Å². The van der Waals surface area contributed by atoms with Crippen LogP contribution in [0.2, 0.25) is 5.02 Å². The third kappa shape index (κ3) is 3.39. The van der Waals surface area contributed by atoms with Crippen LogP contribution in [-0.4, -0.2) is 16.3 Å². The molecule has 1 heterocycles. The van der Waals surface area contributed by atoms with Crippen molar-refractivity contribution in [2.75, 3.05) is 0 Å². The van der Waals surface area contributed by atoms with Gasteiger partial charge in [0, 0.05) is 11.2 Å². The van der Waals surface area contributed by atoms with Gasteiger partial charge < -0.3 is 10.1 Å². The Morgan fingerprint density at radius 2 is 2.35 bits per heavy atom. The number of halogens is 1. The summed E-state index contributed by atoms with van der Waals surface area (Å²) in [6.45, 7) is 0.519. The number of aromatic amines is 1. The number of aromatic hydroxyl groups is 1. The lowest BCUT2D eigenvalue weighted by atomic mass is 10.2. The lowest BCUT2D eigenvalue weighted by molar-refractivity contribution is 0.456. The van der Waals surface area contributed by atoms with Gasteiger partial charge in [0.2, 0.25) is 5.88 Å². The summed E-state index contributed by atoms with van der Waals surface area (Å²) in [5.41, 5.74) is 1.02. The summed E-state index contributed by atoms with van der Waals surface area (Å²) in [4.78, 5) is 7.51. The molecule has 0 saturated carbocycles. The molecule has 17 heavy (non-hydrogen) atoms. The molecule has 1 aromatic carbocycles. The highest BCUT2D eigenvalue weighted by molar-refractivity contribution is 7.73. The van der Waals surface area contributed by atoms with E-state index in [0.717, 1.165) is 5.56 Å². The summed E-state index contributed by atoms with van der Waals surface area (Å²) in [5.74, 6) is 0.0647. The van der Waals surface area contributed by atoms with E-state index in [4.69, 9.17) is 23.8 Å². The molecule has 6 heteroatoms. The monoisotopic (exact) mass is 284 g/mol. The van der Waals surface area contributed by atoms with Gasteiger partial charge in [0.05, 0.1) is 6.54 Å². The molecule has 0 unspecified atom stereocenters. The van der Waals surface area contributed by atoms with Crippen LogP contribution in [0.3, 0.4) is 0 Å². The Morgan fingerprint density at radius 1 is 1.53 bits per heavy atom. The smallest absolute Gasteiger partial charge is 0.209 e. The first-order chi connectivity index (χ1) is 8.15. The molecule has 0 spiro atoms. The minimum absolute atomic E-state index is 0.0647. The van der Waals surface area contributed by atoms with Crippen molar-refractivity contribution in [3.8, 4) is 5.88 Å². The number of nitrogens with one attached hydrogen (secondary N) is 1. The molecule has 0 atom stereocenters. The van der Waals surface area contributed by atoms with Gasteiger partial charge in [0.15, 0.2) is 3.95 Å². The maximum absolute atomic E-state index is 9.45. The van der Waals surface area contributed by atoms with Gasteiger partial charge in [-0.1, -0.05) is 35.1 Å². The molecule has 2 N–H and O–H groups in total. The van der Waals surface area contributed by atoms with E-state index >= 15 is 0 Å². The first-order valence-electron chi connectivity index (χ1n) is 4.81. The van der Waals surface area contributed by atoms with Crippen LogP contribution in [0.15, 0.2) is 29.3 Å². The van der Waals surface area contributed by atoms with E-state index in [9.17, 15) is 5.11 Å². The molecular weight excluding hydrogens is 276 g/mol. The van der Waals surface area contributed by atoms with Crippen LogP contribution in [0.4, 0.5) is 0 Å². The van der Waals surface area contributed by atoms with E-state index in [-0.39, 0.29) is 5.88 Å². The van der Waals surface area contributed by atoms with Crippen molar-refractivity contribution in [1.82, 2.24) is 4.98 Å². The van der Waals surface area contributed by atoms with Gasteiger partial charge >= 0.3 is 0 Å². The number of hydrogen-bond donors (Lipinski definition) is 2. The highest BCUT2D eigenvalue weighted by Crippen LogP contribution is 2.19. The lowest BCUT2D eigenvalue weighted by Crippen LogP contribution is -1.82. The minimum atomic E-state index is 0.0647. The average molecular weight is 285 g/mol. The van der Waals surface area contributed by atoms with E-state index in [2.05, 4.69) is 9.98 Å². The summed E-state index contributed by atoms with van der Waals surface area (Å²) in [6.07, 6.45) is 1.60. The van der Waals surface area contributed by atoms with Crippen LogP contribution in [-0.2, 0) is 6.54 Å². The highest BCUT2D eigenvalue weighted by atomic mass is 35.5. The van der Waals surface area contributed by atoms with Crippen molar-refractivity contribution in [1.29, 1.82) is 0 Å². The molecule has 88 valence electrons. The fourth-order valence-corrected chi connectivity index (χ4v) is 2.49. The molecule has 2 aromatic rings. The Labute approximate surface area is 112 Å². The molecule has 0 aliphatic carbocycles. The molecule has 0 bridgehead atoms. The van der Waals surface area contributed by atoms with E-state index in [0.29, 0.717) is 20.4 Å². The number of benzene rings is 1. The number of rotatable bonds is 3. The van der Waals surface area contributed by atoms with Crippen molar-refractivity contribution in [2.24, 2.45) is 4.99 Å². The molecule has 0 aliphatic heterocycles. The number of hydrogen-bond acceptors (Lipinski definition) is 4. The molecule has 0 amide bonds. The van der Waals surface area contributed by atoms with Crippen LogP contribution in [0, 0.1) is 3.95 Å². The van der Waals surface area contributed by atoms with Crippen LogP contribution in [0.25, 0.3) is 0 Å². The third-order valence-electron chi connectivity index (χ3n) is 2.03. The maximum Gasteiger partial charge on any atom is 0.209 e. The van der Waals surface area contributed by atoms with Crippen molar-refractivity contribution >= 4 is 41.4 Å². The molecule has 3 nitrogen and oxygen atoms in total. The maximum atomic E-state index is 9.45. The molecule has 0 saturated heterocycles. The van der Waals surface area contributed by atoms with Gasteiger partial charge in [0.25, 0.3) is 0 Å². The van der Waals surface area contributed by atoms with Gasteiger partial charge in [-0.15, -0.1) is 0 Å². The lowest BCUT2D eigenvalue weighted by Gasteiger charge is -1.96. The topological polar surface area (TPSA) is 48.4 Å². The summed E-state index contributed by atoms with van der Waals surface area (Å²) in [7, 11) is 0. The number of thiazole rings is 1. The Kier molecular flexibility index (Phi) is 3.93. The zero-order valence-electron chi connectivity index (χ0n) is 8.68. The molecule has 0 radical (unpaired) electrons. The van der Waals surface area contributed by atoms with Crippen molar-refractivity contribution < 1.29 is 5.11 Å². The standard InChI is InChI=1S/C11H9ClN2OS2/c12-8-3-1-2-7(4-8)5-13-6-9-10(15)14-11(16)17-9/h1-4,6,15H,5H2,(H,14,16). The second-order valence-electron chi connectivity index (χ2n) is 3.33. The van der Waals surface area contributed by atoms with Crippen LogP contribution in [0.5, 0.6) is 5.88 Å². The van der Waals surface area contributed by atoms with Gasteiger partial charge in [-0.3, -0.25) is 4.99 Å². The van der Waals surface area contributed by atoms with E-state index in [1.807, 2.05) is 24.3 Å². The fraction of sp³-hybridized carbons (Fsp3) is 0.0909. The average Bonchev–Trinajstić information content (AvgIpc) is 2.58. The first-order valence-corrected chi connectivity index (χ1v) is 6.42. The summed E-state index contributed by atoms with van der Waals surface area (Å²) >= 11 is 12.1. The summed E-state index contributed by atoms with van der Waals surface area (Å²) in [6, 6.07) is 7.50. The number of aliphatic imine (C=N–C) groups is 1. The second kappa shape index (κ2) is 5.44. The van der Waals surface area contributed by atoms with Gasteiger partial charge in [-0.25, -0.2) is 0 Å². The van der Waals surface area contributed by atoms with E-state index < -0.39 is 0 Å². The van der Waals surface area contributed by atoms with Crippen molar-refractivity contribution in [2.45, 2.75) is 6.54 Å². The predicted octanol–water partition coefficient (Wildman–Crippen LogP) is 3.78. The minimum Gasteiger partial charge on any atom is -0.494 e. The summed E-state index contributed by atoms with van der Waals surface area (Å²) in [5, 5.41) is 10.1. The normalized spacial score (nSPS) is 11.1. The number of H-pyrrole nitrogens is 1. The summed E-state index contributed by atoms with van der Waals surface area (Å²) < 4.78 is 0.534.